The number of Topliss-reactive ketones (excluding diaryl/α,β-unsaturated/α-hetero) is 1. The smallest absolute Gasteiger partial charge is 0.164 e. The number of rotatable bonds is 3. The average molecular weight is 181 g/mol. The van der Waals surface area contributed by atoms with Crippen molar-refractivity contribution in [3.8, 4) is 0 Å². The Kier molecular flexibility index (Phi) is 3.01. The zero-order chi connectivity index (χ0) is 9.84. The van der Waals surface area contributed by atoms with E-state index in [1.54, 1.807) is 12.1 Å². The number of ketones is 1. The molecule has 70 valence electrons. The quantitative estimate of drug-likeness (QED) is 0.726. The van der Waals surface area contributed by atoms with Gasteiger partial charge in [0.15, 0.2) is 5.78 Å². The Morgan fingerprint density at radius 2 is 2.23 bits per heavy atom. The van der Waals surface area contributed by atoms with Crippen LogP contribution >= 0.6 is 0 Å². The van der Waals surface area contributed by atoms with Crippen molar-refractivity contribution in [3.63, 3.8) is 0 Å². The maximum atomic E-state index is 13.2. The third kappa shape index (κ3) is 2.05. The number of carbonyl (C=O) groups is 1. The lowest BCUT2D eigenvalue weighted by molar-refractivity contribution is 0.101. The highest BCUT2D eigenvalue weighted by Gasteiger charge is 2.11. The van der Waals surface area contributed by atoms with E-state index >= 15 is 0 Å². The Morgan fingerprint density at radius 3 is 2.77 bits per heavy atom. The maximum Gasteiger partial charge on any atom is 0.164 e. The molecule has 0 aliphatic heterocycles. The van der Waals surface area contributed by atoms with Gasteiger partial charge in [0.05, 0.1) is 5.56 Å². The molecule has 1 aromatic carbocycles. The zero-order valence-corrected chi connectivity index (χ0v) is 7.73. The Hall–Kier alpha value is -1.38. The van der Waals surface area contributed by atoms with E-state index in [4.69, 9.17) is 0 Å². The van der Waals surface area contributed by atoms with Gasteiger partial charge in [0.2, 0.25) is 0 Å². The molecule has 0 radical (unpaired) electrons. The molecule has 2 nitrogen and oxygen atoms in total. The molecule has 0 fully saturated rings. The molecule has 0 aliphatic rings. The second-order valence-electron chi connectivity index (χ2n) is 2.75. The Balaban J connectivity index is 3.17. The third-order valence-electron chi connectivity index (χ3n) is 1.73. The van der Waals surface area contributed by atoms with E-state index in [2.05, 4.69) is 5.32 Å². The Bertz CT molecular complexity index is 323. The van der Waals surface area contributed by atoms with Gasteiger partial charge >= 0.3 is 0 Å². The molecule has 3 heteroatoms. The van der Waals surface area contributed by atoms with Gasteiger partial charge in [-0.05, 0) is 26.0 Å². The van der Waals surface area contributed by atoms with Crippen molar-refractivity contribution >= 4 is 11.5 Å². The van der Waals surface area contributed by atoms with Crippen LogP contribution < -0.4 is 5.32 Å². The van der Waals surface area contributed by atoms with E-state index in [0.717, 1.165) is 0 Å². The fraction of sp³-hybridized carbons (Fsp3) is 0.300. The molecule has 0 spiro atoms. The van der Waals surface area contributed by atoms with Crippen LogP contribution in [0.3, 0.4) is 0 Å². The van der Waals surface area contributed by atoms with Gasteiger partial charge < -0.3 is 5.32 Å². The lowest BCUT2D eigenvalue weighted by atomic mass is 10.1. The summed E-state index contributed by atoms with van der Waals surface area (Å²) in [6.45, 7) is 3.93. The second kappa shape index (κ2) is 4.03. The van der Waals surface area contributed by atoms with Crippen LogP contribution in [0.4, 0.5) is 10.1 Å². The monoisotopic (exact) mass is 181 g/mol. The summed E-state index contributed by atoms with van der Waals surface area (Å²) in [5, 5.41) is 2.94. The van der Waals surface area contributed by atoms with E-state index in [-0.39, 0.29) is 11.3 Å². The summed E-state index contributed by atoms with van der Waals surface area (Å²) in [4.78, 5) is 11.1. The molecule has 0 aliphatic carbocycles. The van der Waals surface area contributed by atoms with Gasteiger partial charge in [0.1, 0.15) is 5.82 Å². The molecule has 13 heavy (non-hydrogen) atoms. The lowest BCUT2D eigenvalue weighted by Crippen LogP contribution is -2.06. The molecule has 0 amide bonds. The summed E-state index contributed by atoms with van der Waals surface area (Å²) < 4.78 is 13.2. The van der Waals surface area contributed by atoms with Gasteiger partial charge in [0, 0.05) is 12.2 Å². The number of benzene rings is 1. The topological polar surface area (TPSA) is 29.1 Å². The van der Waals surface area contributed by atoms with Crippen molar-refractivity contribution in [2.75, 3.05) is 11.9 Å². The van der Waals surface area contributed by atoms with Gasteiger partial charge in [-0.25, -0.2) is 4.39 Å². The molecule has 0 heterocycles. The van der Waals surface area contributed by atoms with Crippen molar-refractivity contribution in [2.45, 2.75) is 13.8 Å². The predicted octanol–water partition coefficient (Wildman–Crippen LogP) is 2.46. The minimum Gasteiger partial charge on any atom is -0.385 e. The van der Waals surface area contributed by atoms with Crippen LogP contribution in [-0.2, 0) is 0 Å². The van der Waals surface area contributed by atoms with E-state index in [0.29, 0.717) is 12.2 Å². The molecule has 0 bridgehead atoms. The van der Waals surface area contributed by atoms with Crippen LogP contribution in [0.25, 0.3) is 0 Å². The van der Waals surface area contributed by atoms with E-state index in [1.807, 2.05) is 6.92 Å². The molecule has 1 rings (SSSR count). The number of anilines is 1. The highest BCUT2D eigenvalue weighted by molar-refractivity contribution is 5.99. The van der Waals surface area contributed by atoms with Gasteiger partial charge in [0.25, 0.3) is 0 Å². The molecule has 1 N–H and O–H groups in total. The molecule has 1 aromatic rings. The molecule has 0 saturated heterocycles. The number of hydrogen-bond donors (Lipinski definition) is 1. The van der Waals surface area contributed by atoms with E-state index in [9.17, 15) is 9.18 Å². The maximum absolute atomic E-state index is 13.2. The van der Waals surface area contributed by atoms with Crippen LogP contribution in [0.5, 0.6) is 0 Å². The fourth-order valence-corrected chi connectivity index (χ4v) is 1.22. The van der Waals surface area contributed by atoms with Crippen LogP contribution in [0.2, 0.25) is 0 Å². The molecule has 0 unspecified atom stereocenters. The molecular weight excluding hydrogens is 169 g/mol. The van der Waals surface area contributed by atoms with Crippen LogP contribution in [0, 0.1) is 5.82 Å². The summed E-state index contributed by atoms with van der Waals surface area (Å²) in [6.07, 6.45) is 0. The highest BCUT2D eigenvalue weighted by Crippen LogP contribution is 2.18. The summed E-state index contributed by atoms with van der Waals surface area (Å²) >= 11 is 0. The van der Waals surface area contributed by atoms with Crippen molar-refractivity contribution < 1.29 is 9.18 Å². The first kappa shape index (κ1) is 9.71. The summed E-state index contributed by atoms with van der Waals surface area (Å²) in [5.41, 5.74) is 0.708. The normalized spacial score (nSPS) is 9.77. The van der Waals surface area contributed by atoms with Crippen LogP contribution in [-0.4, -0.2) is 12.3 Å². The van der Waals surface area contributed by atoms with Gasteiger partial charge in [-0.15, -0.1) is 0 Å². The number of halogens is 1. The standard InChI is InChI=1S/C10H12FNO/c1-3-12-9-6-4-5-8(11)10(9)7(2)13/h4-6,12H,3H2,1-2H3. The Morgan fingerprint density at radius 1 is 1.54 bits per heavy atom. The number of hydrogen-bond acceptors (Lipinski definition) is 2. The number of carbonyl (C=O) groups excluding carboxylic acids is 1. The summed E-state index contributed by atoms with van der Waals surface area (Å²) in [6, 6.07) is 4.57. The van der Waals surface area contributed by atoms with Gasteiger partial charge in [-0.1, -0.05) is 6.07 Å². The van der Waals surface area contributed by atoms with Crippen molar-refractivity contribution in [1.29, 1.82) is 0 Å². The zero-order valence-electron chi connectivity index (χ0n) is 7.73. The van der Waals surface area contributed by atoms with E-state index in [1.165, 1.54) is 13.0 Å². The first-order valence-electron chi connectivity index (χ1n) is 4.20. The third-order valence-corrected chi connectivity index (χ3v) is 1.73. The Labute approximate surface area is 76.8 Å². The average Bonchev–Trinajstić information content (AvgIpc) is 2.04. The minimum atomic E-state index is -0.467. The first-order chi connectivity index (χ1) is 6.16. The SMILES string of the molecule is CCNc1cccc(F)c1C(C)=O. The minimum absolute atomic E-state index is 0.143. The van der Waals surface area contributed by atoms with Crippen LogP contribution in [0.1, 0.15) is 24.2 Å². The largest absolute Gasteiger partial charge is 0.385 e. The summed E-state index contributed by atoms with van der Waals surface area (Å²) in [5.74, 6) is -0.722. The summed E-state index contributed by atoms with van der Waals surface area (Å²) in [7, 11) is 0. The van der Waals surface area contributed by atoms with Crippen molar-refractivity contribution in [3.05, 3.63) is 29.6 Å². The second-order valence-corrected chi connectivity index (χ2v) is 2.75. The molecular formula is C10H12FNO. The molecule has 0 aromatic heterocycles. The fourth-order valence-electron chi connectivity index (χ4n) is 1.22. The molecule has 0 saturated carbocycles. The predicted molar refractivity (Wildman–Crippen MR) is 50.6 cm³/mol. The van der Waals surface area contributed by atoms with Crippen molar-refractivity contribution in [2.24, 2.45) is 0 Å². The van der Waals surface area contributed by atoms with Crippen molar-refractivity contribution in [1.82, 2.24) is 0 Å². The number of nitrogens with one attached hydrogen (secondary N) is 1. The highest BCUT2D eigenvalue weighted by atomic mass is 19.1. The van der Waals surface area contributed by atoms with Gasteiger partial charge in [-0.3, -0.25) is 4.79 Å². The molecule has 0 atom stereocenters. The van der Waals surface area contributed by atoms with Crippen LogP contribution in [0.15, 0.2) is 18.2 Å². The van der Waals surface area contributed by atoms with E-state index < -0.39 is 5.82 Å². The first-order valence-corrected chi connectivity index (χ1v) is 4.20. The van der Waals surface area contributed by atoms with Gasteiger partial charge in [-0.2, -0.15) is 0 Å². The lowest BCUT2D eigenvalue weighted by Gasteiger charge is -2.08.